The predicted molar refractivity (Wildman–Crippen MR) is 68.1 cm³/mol. The summed E-state index contributed by atoms with van der Waals surface area (Å²) < 4.78 is 59.4. The molecule has 8 heteroatoms. The Labute approximate surface area is 121 Å². The van der Waals surface area contributed by atoms with E-state index >= 15 is 0 Å². The summed E-state index contributed by atoms with van der Waals surface area (Å²) in [5, 5.41) is 0. The summed E-state index contributed by atoms with van der Waals surface area (Å²) in [6, 6.07) is 0. The average Bonchev–Trinajstić information content (AvgIpc) is 2.32. The molecule has 0 amide bonds. The highest BCUT2D eigenvalue weighted by Gasteiger charge is 2.55. The van der Waals surface area contributed by atoms with Gasteiger partial charge in [-0.25, -0.2) is 0 Å². The zero-order chi connectivity index (χ0) is 15.5. The Bertz CT molecular complexity index is 522. The maximum absolute atomic E-state index is 13.1. The standard InChI is InChI=1S/C13H18F2O5S/c14-13(15,21(17,18)19)20-7-11(16)12-4-8-1-9(5-12)3-10(2-8)6-12/h8-10H,1-7H2,(H,17,18,19). The largest absolute Gasteiger partial charge is 0.488 e. The fourth-order valence-electron chi connectivity index (χ4n) is 4.83. The molecule has 4 fully saturated rings. The third-order valence-electron chi connectivity index (χ3n) is 5.30. The molecule has 1 N–H and O–H groups in total. The van der Waals surface area contributed by atoms with Crippen molar-refractivity contribution in [3.8, 4) is 0 Å². The van der Waals surface area contributed by atoms with E-state index in [4.69, 9.17) is 4.55 Å². The minimum atomic E-state index is -5.66. The van der Waals surface area contributed by atoms with Crippen LogP contribution in [0.15, 0.2) is 0 Å². The molecule has 120 valence electrons. The maximum atomic E-state index is 13.1. The van der Waals surface area contributed by atoms with E-state index in [0.29, 0.717) is 37.0 Å². The Morgan fingerprint density at radius 1 is 1.14 bits per heavy atom. The number of ether oxygens (including phenoxy) is 1. The fourth-order valence-corrected chi connectivity index (χ4v) is 5.04. The summed E-state index contributed by atoms with van der Waals surface area (Å²) in [7, 11) is -5.66. The summed E-state index contributed by atoms with van der Waals surface area (Å²) in [5.41, 5.74) is -5.35. The van der Waals surface area contributed by atoms with Gasteiger partial charge in [-0.05, 0) is 56.3 Å². The van der Waals surface area contributed by atoms with Crippen molar-refractivity contribution in [3.63, 3.8) is 0 Å². The van der Waals surface area contributed by atoms with E-state index in [1.807, 2.05) is 0 Å². The number of halogens is 2. The lowest BCUT2D eigenvalue weighted by Gasteiger charge is -2.55. The van der Waals surface area contributed by atoms with Gasteiger partial charge >= 0.3 is 15.6 Å². The SMILES string of the molecule is O=C(COC(F)(F)S(=O)(=O)O)C12CC3CC(CC(C3)C1)C2. The van der Waals surface area contributed by atoms with E-state index in [-0.39, 0.29) is 0 Å². The summed E-state index contributed by atoms with van der Waals surface area (Å²) >= 11 is 0. The highest BCUT2D eigenvalue weighted by atomic mass is 32.2. The molecule has 4 rings (SSSR count). The third kappa shape index (κ3) is 2.61. The molecule has 0 aromatic carbocycles. The molecule has 0 radical (unpaired) electrons. The molecule has 4 bridgehead atoms. The van der Waals surface area contributed by atoms with Crippen LogP contribution in [-0.4, -0.2) is 30.8 Å². The number of carbonyl (C=O) groups is 1. The number of hydrogen-bond donors (Lipinski definition) is 1. The molecule has 5 nitrogen and oxygen atoms in total. The number of ketones is 1. The first-order chi connectivity index (χ1) is 9.61. The minimum absolute atomic E-state index is 0.454. The van der Waals surface area contributed by atoms with E-state index in [0.717, 1.165) is 19.3 Å². The van der Waals surface area contributed by atoms with Crippen LogP contribution in [0.25, 0.3) is 0 Å². The predicted octanol–water partition coefficient (Wildman–Crippen LogP) is 2.23. The van der Waals surface area contributed by atoms with Gasteiger partial charge in [0.1, 0.15) is 6.61 Å². The van der Waals surface area contributed by atoms with Crippen molar-refractivity contribution in [1.29, 1.82) is 0 Å². The molecule has 4 aliphatic rings. The smallest absolute Gasteiger partial charge is 0.298 e. The van der Waals surface area contributed by atoms with Gasteiger partial charge < -0.3 is 0 Å². The number of alkyl halides is 2. The lowest BCUT2D eigenvalue weighted by molar-refractivity contribution is -0.188. The van der Waals surface area contributed by atoms with Crippen LogP contribution < -0.4 is 0 Å². The van der Waals surface area contributed by atoms with Crippen LogP contribution in [0.4, 0.5) is 8.78 Å². The molecule has 4 saturated carbocycles. The van der Waals surface area contributed by atoms with Gasteiger partial charge in [0.15, 0.2) is 5.78 Å². The first kappa shape index (κ1) is 15.3. The Hall–Kier alpha value is -0.600. The fraction of sp³-hybridized carbons (Fsp3) is 0.923. The number of rotatable bonds is 5. The van der Waals surface area contributed by atoms with Crippen LogP contribution in [0.5, 0.6) is 0 Å². The van der Waals surface area contributed by atoms with Crippen LogP contribution in [0.2, 0.25) is 0 Å². The summed E-state index contributed by atoms with van der Waals surface area (Å²) in [4.78, 5) is 12.3. The van der Waals surface area contributed by atoms with Gasteiger partial charge in [-0.15, -0.1) is 0 Å². The lowest BCUT2D eigenvalue weighted by Crippen LogP contribution is -2.51. The third-order valence-corrected chi connectivity index (χ3v) is 6.02. The zero-order valence-corrected chi connectivity index (χ0v) is 12.2. The minimum Gasteiger partial charge on any atom is -0.298 e. The molecule has 21 heavy (non-hydrogen) atoms. The Morgan fingerprint density at radius 3 is 1.95 bits per heavy atom. The molecule has 0 unspecified atom stereocenters. The van der Waals surface area contributed by atoms with Crippen molar-refractivity contribution < 1.29 is 31.3 Å². The van der Waals surface area contributed by atoms with Crippen molar-refractivity contribution in [2.75, 3.05) is 6.61 Å². The molecule has 0 aromatic rings. The highest BCUT2D eigenvalue weighted by Crippen LogP contribution is 2.60. The molecule has 0 spiro atoms. The lowest BCUT2D eigenvalue weighted by atomic mass is 9.48. The molecule has 0 aromatic heterocycles. The van der Waals surface area contributed by atoms with Gasteiger partial charge in [0.05, 0.1) is 0 Å². The summed E-state index contributed by atoms with van der Waals surface area (Å²) in [6.07, 6.45) is 5.40. The maximum Gasteiger partial charge on any atom is 0.488 e. The highest BCUT2D eigenvalue weighted by molar-refractivity contribution is 7.86. The number of carbonyl (C=O) groups excluding carboxylic acids is 1. The van der Waals surface area contributed by atoms with Crippen LogP contribution >= 0.6 is 0 Å². The second-order valence-electron chi connectivity index (χ2n) is 6.85. The van der Waals surface area contributed by atoms with Crippen LogP contribution in [0, 0.1) is 23.2 Å². The summed E-state index contributed by atoms with van der Waals surface area (Å²) in [6.45, 7) is -0.973. The van der Waals surface area contributed by atoms with E-state index in [9.17, 15) is 22.0 Å². The van der Waals surface area contributed by atoms with Crippen LogP contribution in [-0.2, 0) is 19.6 Å². The molecular formula is C13H18F2O5S. The van der Waals surface area contributed by atoms with Crippen LogP contribution in [0.1, 0.15) is 38.5 Å². The molecule has 0 heterocycles. The Balaban J connectivity index is 1.69. The van der Waals surface area contributed by atoms with Gasteiger partial charge in [0, 0.05) is 5.41 Å². The second-order valence-corrected chi connectivity index (χ2v) is 8.27. The average molecular weight is 324 g/mol. The van der Waals surface area contributed by atoms with Gasteiger partial charge in [0.25, 0.3) is 0 Å². The molecular weight excluding hydrogens is 306 g/mol. The van der Waals surface area contributed by atoms with E-state index in [2.05, 4.69) is 4.74 Å². The van der Waals surface area contributed by atoms with E-state index in [1.165, 1.54) is 0 Å². The monoisotopic (exact) mass is 324 g/mol. The van der Waals surface area contributed by atoms with Gasteiger partial charge in [0.2, 0.25) is 0 Å². The van der Waals surface area contributed by atoms with Crippen LogP contribution in [0.3, 0.4) is 0 Å². The first-order valence-corrected chi connectivity index (χ1v) is 8.57. The van der Waals surface area contributed by atoms with Crippen molar-refractivity contribution in [2.24, 2.45) is 23.2 Å². The van der Waals surface area contributed by atoms with E-state index in [1.54, 1.807) is 0 Å². The molecule has 0 saturated heterocycles. The number of Topliss-reactive ketones (excluding diaryl/α,β-unsaturated/α-hetero) is 1. The number of hydrogen-bond acceptors (Lipinski definition) is 4. The van der Waals surface area contributed by atoms with E-state index < -0.39 is 33.4 Å². The quantitative estimate of drug-likeness (QED) is 0.784. The van der Waals surface area contributed by atoms with Crippen molar-refractivity contribution in [3.05, 3.63) is 0 Å². The van der Waals surface area contributed by atoms with Crippen molar-refractivity contribution in [1.82, 2.24) is 0 Å². The second kappa shape index (κ2) is 4.70. The Morgan fingerprint density at radius 2 is 1.57 bits per heavy atom. The molecule has 0 aliphatic heterocycles. The van der Waals surface area contributed by atoms with Gasteiger partial charge in [-0.3, -0.25) is 14.1 Å². The van der Waals surface area contributed by atoms with Crippen molar-refractivity contribution >= 4 is 15.9 Å². The van der Waals surface area contributed by atoms with Gasteiger partial charge in [-0.2, -0.15) is 17.2 Å². The van der Waals surface area contributed by atoms with Crippen molar-refractivity contribution in [2.45, 2.75) is 44.0 Å². The summed E-state index contributed by atoms with van der Waals surface area (Å²) in [5.74, 6) is 0.969. The topological polar surface area (TPSA) is 80.7 Å². The normalized spacial score (nSPS) is 38.7. The molecule has 4 aliphatic carbocycles. The van der Waals surface area contributed by atoms with Gasteiger partial charge in [-0.1, -0.05) is 0 Å². The first-order valence-electron chi connectivity index (χ1n) is 7.13. The Kier molecular flexibility index (Phi) is 3.42. The molecule has 0 atom stereocenters. The zero-order valence-electron chi connectivity index (χ0n) is 11.4.